The van der Waals surface area contributed by atoms with E-state index in [4.69, 9.17) is 5.73 Å². The number of carbonyl (C=O) groups is 2. The van der Waals surface area contributed by atoms with E-state index in [1.54, 1.807) is 4.90 Å². The molecular weight excluding hydrogens is 322 g/mol. The molecule has 132 valence electrons. The van der Waals surface area contributed by atoms with E-state index in [1.165, 1.54) is 11.3 Å². The van der Waals surface area contributed by atoms with Gasteiger partial charge in [0.1, 0.15) is 6.04 Å². The number of hydrogen-bond acceptors (Lipinski definition) is 4. The molecule has 2 aliphatic rings. The third-order valence-corrected chi connectivity index (χ3v) is 6.26. The first kappa shape index (κ1) is 17.4. The van der Waals surface area contributed by atoms with Crippen LogP contribution in [0.5, 0.6) is 0 Å². The van der Waals surface area contributed by atoms with Crippen molar-refractivity contribution in [3.8, 4) is 0 Å². The second-order valence-corrected chi connectivity index (χ2v) is 8.58. The third-order valence-electron chi connectivity index (χ3n) is 5.40. The number of nitrogens with two attached hydrogens (primary N) is 1. The molecule has 0 radical (unpaired) electrons. The topological polar surface area (TPSA) is 66.6 Å². The van der Waals surface area contributed by atoms with Crippen LogP contribution in [0.1, 0.15) is 49.2 Å². The van der Waals surface area contributed by atoms with Gasteiger partial charge in [-0.25, -0.2) is 0 Å². The Kier molecular flexibility index (Phi) is 4.97. The maximum Gasteiger partial charge on any atom is 0.264 e. The van der Waals surface area contributed by atoms with Crippen LogP contribution < -0.4 is 5.73 Å². The highest BCUT2D eigenvalue weighted by Gasteiger charge is 2.40. The molecule has 2 aliphatic heterocycles. The van der Waals surface area contributed by atoms with E-state index in [0.717, 1.165) is 30.6 Å². The van der Waals surface area contributed by atoms with Crippen molar-refractivity contribution in [3.05, 3.63) is 22.4 Å². The van der Waals surface area contributed by atoms with E-state index in [9.17, 15) is 9.59 Å². The van der Waals surface area contributed by atoms with Crippen LogP contribution in [0.2, 0.25) is 0 Å². The summed E-state index contributed by atoms with van der Waals surface area (Å²) >= 11 is 1.44. The largest absolute Gasteiger partial charge is 0.340 e. The Morgan fingerprint density at radius 1 is 1.25 bits per heavy atom. The molecule has 1 aromatic heterocycles. The smallest absolute Gasteiger partial charge is 0.264 e. The molecule has 0 spiro atoms. The number of carbonyl (C=O) groups excluding carboxylic acids is 2. The Morgan fingerprint density at radius 2 is 2.04 bits per heavy atom. The van der Waals surface area contributed by atoms with E-state index in [2.05, 4.69) is 13.8 Å². The summed E-state index contributed by atoms with van der Waals surface area (Å²) in [7, 11) is 0. The fraction of sp³-hybridized carbons (Fsp3) is 0.667. The lowest BCUT2D eigenvalue weighted by Crippen LogP contribution is -2.59. The quantitative estimate of drug-likeness (QED) is 0.891. The Labute approximate surface area is 147 Å². The second kappa shape index (κ2) is 6.84. The van der Waals surface area contributed by atoms with Crippen molar-refractivity contribution in [2.75, 3.05) is 19.6 Å². The van der Waals surface area contributed by atoms with Crippen LogP contribution in [0.3, 0.4) is 0 Å². The number of nitrogens with zero attached hydrogens (tertiary/aromatic N) is 2. The van der Waals surface area contributed by atoms with Crippen molar-refractivity contribution in [1.29, 1.82) is 0 Å². The monoisotopic (exact) mass is 349 g/mol. The molecule has 1 aromatic rings. The lowest BCUT2D eigenvalue weighted by atomic mass is 9.79. The summed E-state index contributed by atoms with van der Waals surface area (Å²) in [6, 6.07) is 3.52. The zero-order chi connectivity index (χ0) is 17.3. The third kappa shape index (κ3) is 3.35. The Balaban J connectivity index is 1.75. The van der Waals surface area contributed by atoms with Gasteiger partial charge in [0.2, 0.25) is 5.91 Å². The van der Waals surface area contributed by atoms with Gasteiger partial charge in [-0.2, -0.15) is 0 Å². The molecule has 6 heteroatoms. The van der Waals surface area contributed by atoms with Crippen LogP contribution in [-0.4, -0.2) is 53.3 Å². The fourth-order valence-electron chi connectivity index (χ4n) is 3.75. The van der Waals surface area contributed by atoms with Gasteiger partial charge in [-0.3, -0.25) is 9.59 Å². The van der Waals surface area contributed by atoms with Crippen LogP contribution >= 0.6 is 11.3 Å². The van der Waals surface area contributed by atoms with Crippen molar-refractivity contribution in [2.24, 2.45) is 11.1 Å². The van der Waals surface area contributed by atoms with Gasteiger partial charge in [-0.15, -0.1) is 11.3 Å². The molecule has 5 nitrogen and oxygen atoms in total. The summed E-state index contributed by atoms with van der Waals surface area (Å²) in [4.78, 5) is 30.3. The van der Waals surface area contributed by atoms with Gasteiger partial charge in [0.15, 0.2) is 0 Å². The highest BCUT2D eigenvalue weighted by molar-refractivity contribution is 7.12. The van der Waals surface area contributed by atoms with Crippen molar-refractivity contribution in [2.45, 2.75) is 51.6 Å². The normalized spacial score (nSPS) is 27.1. The number of piperidine rings is 2. The van der Waals surface area contributed by atoms with Gasteiger partial charge in [0.25, 0.3) is 5.91 Å². The summed E-state index contributed by atoms with van der Waals surface area (Å²) in [5.41, 5.74) is 6.11. The van der Waals surface area contributed by atoms with Crippen LogP contribution in [0.15, 0.2) is 17.5 Å². The minimum absolute atomic E-state index is 0.00368. The van der Waals surface area contributed by atoms with Crippen LogP contribution in [0.25, 0.3) is 0 Å². The fourth-order valence-corrected chi connectivity index (χ4v) is 4.42. The van der Waals surface area contributed by atoms with Gasteiger partial charge in [0, 0.05) is 25.7 Å². The average molecular weight is 350 g/mol. The van der Waals surface area contributed by atoms with Gasteiger partial charge < -0.3 is 15.5 Å². The lowest BCUT2D eigenvalue weighted by Gasteiger charge is -2.45. The molecule has 0 aromatic carbocycles. The van der Waals surface area contributed by atoms with Crippen LogP contribution in [0, 0.1) is 5.41 Å². The van der Waals surface area contributed by atoms with E-state index in [0.29, 0.717) is 19.6 Å². The zero-order valence-electron chi connectivity index (χ0n) is 14.5. The van der Waals surface area contributed by atoms with E-state index in [1.807, 2.05) is 22.4 Å². The van der Waals surface area contributed by atoms with Crippen LogP contribution in [-0.2, 0) is 4.79 Å². The molecule has 0 bridgehead atoms. The number of thiophene rings is 1. The first-order valence-corrected chi connectivity index (χ1v) is 9.67. The molecule has 2 amide bonds. The lowest BCUT2D eigenvalue weighted by molar-refractivity contribution is -0.140. The maximum atomic E-state index is 13.1. The first-order valence-electron chi connectivity index (χ1n) is 8.79. The number of hydrogen-bond donors (Lipinski definition) is 1. The maximum absolute atomic E-state index is 13.1. The summed E-state index contributed by atoms with van der Waals surface area (Å²) < 4.78 is 0. The van der Waals surface area contributed by atoms with Crippen molar-refractivity contribution in [3.63, 3.8) is 0 Å². The van der Waals surface area contributed by atoms with Crippen molar-refractivity contribution >= 4 is 23.2 Å². The van der Waals surface area contributed by atoms with Gasteiger partial charge in [-0.1, -0.05) is 19.9 Å². The van der Waals surface area contributed by atoms with E-state index < -0.39 is 0 Å². The molecule has 2 fully saturated rings. The molecule has 2 atom stereocenters. The number of rotatable bonds is 2. The highest BCUT2D eigenvalue weighted by atomic mass is 32.1. The Morgan fingerprint density at radius 3 is 2.71 bits per heavy atom. The van der Waals surface area contributed by atoms with Crippen LogP contribution in [0.4, 0.5) is 0 Å². The molecule has 2 saturated heterocycles. The minimum atomic E-state index is -0.321. The summed E-state index contributed by atoms with van der Waals surface area (Å²) in [5, 5.41) is 1.91. The predicted molar refractivity (Wildman–Crippen MR) is 95.9 cm³/mol. The SMILES string of the molecule is CC1(C)CN(C(=O)C2CCCCN2C(=O)c2cccs2)CCC1N. The van der Waals surface area contributed by atoms with Crippen molar-refractivity contribution < 1.29 is 9.59 Å². The molecule has 3 rings (SSSR count). The van der Waals surface area contributed by atoms with Gasteiger partial charge in [-0.05, 0) is 42.5 Å². The number of amides is 2. The Hall–Kier alpha value is -1.40. The average Bonchev–Trinajstić information content (AvgIpc) is 3.10. The zero-order valence-corrected chi connectivity index (χ0v) is 15.3. The minimum Gasteiger partial charge on any atom is -0.340 e. The van der Waals surface area contributed by atoms with Gasteiger partial charge >= 0.3 is 0 Å². The summed E-state index contributed by atoms with van der Waals surface area (Å²) in [6.45, 7) is 6.27. The standard InChI is InChI=1S/C18H27N3O2S/c1-18(2)12-20(10-8-15(18)19)16(22)13-6-3-4-9-21(13)17(23)14-7-5-11-24-14/h5,7,11,13,15H,3-4,6,8-10,12,19H2,1-2H3. The van der Waals surface area contributed by atoms with Crippen molar-refractivity contribution in [1.82, 2.24) is 9.80 Å². The summed E-state index contributed by atoms with van der Waals surface area (Å²) in [5.74, 6) is 0.0932. The summed E-state index contributed by atoms with van der Waals surface area (Å²) in [6.07, 6.45) is 3.56. The molecule has 0 saturated carbocycles. The molecule has 3 heterocycles. The second-order valence-electron chi connectivity index (χ2n) is 7.63. The van der Waals surface area contributed by atoms with E-state index in [-0.39, 0.29) is 29.3 Å². The first-order chi connectivity index (χ1) is 11.4. The highest BCUT2D eigenvalue weighted by Crippen LogP contribution is 2.30. The molecule has 24 heavy (non-hydrogen) atoms. The molecule has 2 unspecified atom stereocenters. The predicted octanol–water partition coefficient (Wildman–Crippen LogP) is 2.33. The molecule has 2 N–H and O–H groups in total. The van der Waals surface area contributed by atoms with Gasteiger partial charge in [0.05, 0.1) is 4.88 Å². The molecule has 0 aliphatic carbocycles. The number of likely N-dealkylation sites (tertiary alicyclic amines) is 2. The Bertz CT molecular complexity index is 599. The van der Waals surface area contributed by atoms with E-state index >= 15 is 0 Å². The molecular formula is C18H27N3O2S.